The number of nitrogens with zero attached hydrogens (tertiary/aromatic N) is 4. The van der Waals surface area contributed by atoms with E-state index in [0.29, 0.717) is 34.6 Å². The van der Waals surface area contributed by atoms with Crippen LogP contribution in [0.3, 0.4) is 0 Å². The van der Waals surface area contributed by atoms with Gasteiger partial charge < -0.3 is 9.64 Å². The lowest BCUT2D eigenvalue weighted by Gasteiger charge is -2.33. The molecule has 0 saturated carbocycles. The van der Waals surface area contributed by atoms with E-state index >= 15 is 0 Å². The van der Waals surface area contributed by atoms with Gasteiger partial charge in [-0.1, -0.05) is 30.3 Å². The zero-order chi connectivity index (χ0) is 23.1. The summed E-state index contributed by atoms with van der Waals surface area (Å²) in [4.78, 5) is 15.2. The minimum Gasteiger partial charge on any atom is -0.406 e. The Kier molecular flexibility index (Phi) is 5.11. The number of halogens is 4. The van der Waals surface area contributed by atoms with E-state index in [2.05, 4.69) is 9.72 Å². The Morgan fingerprint density at radius 3 is 2.55 bits per heavy atom. The fraction of sp³-hybridized carbons (Fsp3) is 0.208. The van der Waals surface area contributed by atoms with Gasteiger partial charge in [0, 0.05) is 24.8 Å². The average molecular weight is 454 g/mol. The Morgan fingerprint density at radius 1 is 0.970 bits per heavy atom. The van der Waals surface area contributed by atoms with Gasteiger partial charge in [0.25, 0.3) is 0 Å². The van der Waals surface area contributed by atoms with Crippen molar-refractivity contribution in [3.8, 4) is 16.9 Å². The van der Waals surface area contributed by atoms with Gasteiger partial charge in [0.1, 0.15) is 11.6 Å². The number of aliphatic imine (C=N–C) groups is 2. The molecule has 3 aromatic rings. The predicted octanol–water partition coefficient (Wildman–Crippen LogP) is 5.18. The number of pyridine rings is 1. The topological polar surface area (TPSA) is 50.1 Å². The van der Waals surface area contributed by atoms with E-state index in [-0.39, 0.29) is 5.75 Å². The first-order valence-electron chi connectivity index (χ1n) is 10.3. The van der Waals surface area contributed by atoms with E-state index in [1.807, 2.05) is 17.0 Å². The van der Waals surface area contributed by atoms with Crippen LogP contribution in [-0.4, -0.2) is 41.5 Å². The number of aromatic nitrogens is 1. The molecule has 0 radical (unpaired) electrons. The van der Waals surface area contributed by atoms with Crippen LogP contribution in [0.4, 0.5) is 17.6 Å². The smallest absolute Gasteiger partial charge is 0.406 e. The zero-order valence-corrected chi connectivity index (χ0v) is 17.3. The van der Waals surface area contributed by atoms with E-state index in [1.165, 1.54) is 18.3 Å². The first kappa shape index (κ1) is 21.1. The summed E-state index contributed by atoms with van der Waals surface area (Å²) in [5, 5.41) is 0. The first-order chi connectivity index (χ1) is 15.9. The number of hydrogen-bond donors (Lipinski definition) is 0. The molecule has 33 heavy (non-hydrogen) atoms. The average Bonchev–Trinajstić information content (AvgIpc) is 3.20. The van der Waals surface area contributed by atoms with E-state index in [1.54, 1.807) is 42.7 Å². The van der Waals surface area contributed by atoms with Crippen molar-refractivity contribution in [1.29, 1.82) is 0 Å². The highest BCUT2D eigenvalue weighted by Gasteiger charge is 2.46. The Labute approximate surface area is 187 Å². The van der Waals surface area contributed by atoms with Gasteiger partial charge >= 0.3 is 6.36 Å². The summed E-state index contributed by atoms with van der Waals surface area (Å²) in [6, 6.07) is 16.2. The van der Waals surface area contributed by atoms with Crippen molar-refractivity contribution < 1.29 is 22.3 Å². The van der Waals surface area contributed by atoms with Crippen LogP contribution in [0, 0.1) is 5.95 Å². The zero-order valence-electron chi connectivity index (χ0n) is 17.3. The van der Waals surface area contributed by atoms with Crippen LogP contribution in [0.5, 0.6) is 5.75 Å². The second kappa shape index (κ2) is 7.99. The van der Waals surface area contributed by atoms with Crippen molar-refractivity contribution in [2.24, 2.45) is 9.98 Å². The molecule has 0 bridgehead atoms. The summed E-state index contributed by atoms with van der Waals surface area (Å²) in [5.74, 6) is -0.233. The third-order valence-electron chi connectivity index (χ3n) is 5.66. The van der Waals surface area contributed by atoms with Crippen molar-refractivity contribution in [2.45, 2.75) is 18.3 Å². The molecule has 0 amide bonds. The van der Waals surface area contributed by atoms with Gasteiger partial charge in [-0.05, 0) is 53.4 Å². The standard InChI is InChI=1S/C24H18F4N4O/c25-21-20(6-2-11-29-21)16-4-1-5-18(14-16)23(22-30-12-3-13-32(22)15-31-23)17-7-9-19(10-8-17)33-24(26,27)28/h1-2,4-11,14-15H,3,12-13H2. The number of alkyl halides is 3. The van der Waals surface area contributed by atoms with Crippen LogP contribution < -0.4 is 4.74 Å². The van der Waals surface area contributed by atoms with E-state index in [0.717, 1.165) is 13.0 Å². The van der Waals surface area contributed by atoms with Crippen molar-refractivity contribution in [1.82, 2.24) is 9.88 Å². The number of hydrogen-bond acceptors (Lipinski definition) is 5. The van der Waals surface area contributed by atoms with Gasteiger partial charge in [-0.15, -0.1) is 13.2 Å². The maximum Gasteiger partial charge on any atom is 0.573 e. The van der Waals surface area contributed by atoms with Crippen LogP contribution in [0.2, 0.25) is 0 Å². The molecule has 5 nitrogen and oxygen atoms in total. The van der Waals surface area contributed by atoms with Crippen LogP contribution >= 0.6 is 0 Å². The first-order valence-corrected chi connectivity index (χ1v) is 10.3. The molecule has 1 aromatic heterocycles. The Bertz CT molecular complexity index is 1240. The van der Waals surface area contributed by atoms with Crippen molar-refractivity contribution >= 4 is 12.2 Å². The summed E-state index contributed by atoms with van der Waals surface area (Å²) >= 11 is 0. The molecule has 0 aliphatic carbocycles. The lowest BCUT2D eigenvalue weighted by atomic mass is 9.81. The molecule has 168 valence electrons. The second-order valence-corrected chi connectivity index (χ2v) is 7.70. The summed E-state index contributed by atoms with van der Waals surface area (Å²) in [7, 11) is 0. The molecule has 2 aliphatic heterocycles. The maximum atomic E-state index is 14.4. The number of fused-ring (bicyclic) bond motifs is 1. The van der Waals surface area contributed by atoms with Gasteiger partial charge in [-0.2, -0.15) is 4.39 Å². The second-order valence-electron chi connectivity index (χ2n) is 7.70. The van der Waals surface area contributed by atoms with Crippen molar-refractivity contribution in [3.63, 3.8) is 0 Å². The van der Waals surface area contributed by atoms with Crippen molar-refractivity contribution in [3.05, 3.63) is 83.9 Å². The summed E-state index contributed by atoms with van der Waals surface area (Å²) in [6.07, 6.45) is -0.831. The third kappa shape index (κ3) is 3.83. The summed E-state index contributed by atoms with van der Waals surface area (Å²) < 4.78 is 56.3. The Hall–Kier alpha value is -3.75. The molecule has 1 atom stereocenters. The Balaban J connectivity index is 1.65. The fourth-order valence-electron chi connectivity index (χ4n) is 4.26. The molecule has 0 fully saturated rings. The fourth-order valence-corrected chi connectivity index (χ4v) is 4.26. The number of ether oxygens (including phenoxy) is 1. The third-order valence-corrected chi connectivity index (χ3v) is 5.66. The highest BCUT2D eigenvalue weighted by Crippen LogP contribution is 2.42. The van der Waals surface area contributed by atoms with Crippen LogP contribution in [0.1, 0.15) is 17.5 Å². The molecular weight excluding hydrogens is 436 g/mol. The predicted molar refractivity (Wildman–Crippen MR) is 116 cm³/mol. The van der Waals surface area contributed by atoms with Crippen LogP contribution in [0.15, 0.2) is 76.8 Å². The number of rotatable bonds is 4. The highest BCUT2D eigenvalue weighted by atomic mass is 19.4. The number of benzene rings is 2. The summed E-state index contributed by atoms with van der Waals surface area (Å²) in [5.41, 5.74) is 1.21. The van der Waals surface area contributed by atoms with Gasteiger partial charge in [-0.3, -0.25) is 9.98 Å². The summed E-state index contributed by atoms with van der Waals surface area (Å²) in [6.45, 7) is 1.35. The molecule has 5 rings (SSSR count). The molecule has 0 N–H and O–H groups in total. The molecule has 0 saturated heterocycles. The van der Waals surface area contributed by atoms with E-state index in [4.69, 9.17) is 9.98 Å². The molecule has 2 aliphatic rings. The molecule has 1 unspecified atom stereocenters. The maximum absolute atomic E-state index is 14.4. The van der Waals surface area contributed by atoms with E-state index < -0.39 is 17.8 Å². The van der Waals surface area contributed by atoms with Crippen LogP contribution in [0.25, 0.3) is 11.1 Å². The number of amidine groups is 1. The normalized spacial score (nSPS) is 19.9. The Morgan fingerprint density at radius 2 is 1.79 bits per heavy atom. The minimum atomic E-state index is -4.78. The highest BCUT2D eigenvalue weighted by molar-refractivity contribution is 6.07. The van der Waals surface area contributed by atoms with Crippen LogP contribution in [-0.2, 0) is 5.54 Å². The van der Waals surface area contributed by atoms with Gasteiger partial charge in [0.05, 0.1) is 6.34 Å². The lowest BCUT2D eigenvalue weighted by Crippen LogP contribution is -2.43. The minimum absolute atomic E-state index is 0.322. The molecular formula is C24H18F4N4O. The van der Waals surface area contributed by atoms with Crippen molar-refractivity contribution in [2.75, 3.05) is 13.1 Å². The molecule has 3 heterocycles. The van der Waals surface area contributed by atoms with Gasteiger partial charge in [-0.25, -0.2) is 4.98 Å². The molecule has 2 aromatic carbocycles. The monoisotopic (exact) mass is 454 g/mol. The lowest BCUT2D eigenvalue weighted by molar-refractivity contribution is -0.274. The SMILES string of the molecule is Fc1ncccc1-c1cccc(C2(c3ccc(OC(F)(F)F)cc3)N=CN3CCCN=C32)c1. The largest absolute Gasteiger partial charge is 0.573 e. The van der Waals surface area contributed by atoms with Gasteiger partial charge in [0.2, 0.25) is 5.95 Å². The molecule has 0 spiro atoms. The van der Waals surface area contributed by atoms with E-state index in [9.17, 15) is 17.6 Å². The van der Waals surface area contributed by atoms with Gasteiger partial charge in [0.15, 0.2) is 5.54 Å². The quantitative estimate of drug-likeness (QED) is 0.404. The molecule has 9 heteroatoms.